The SMILES string of the molecule is O=C1NC2(CCNC2)C(=O)N1Cc1cn2ccsc2n1. The molecule has 0 radical (unpaired) electrons. The number of amides is 3. The van der Waals surface area contributed by atoms with E-state index in [1.807, 2.05) is 22.2 Å². The predicted molar refractivity (Wildman–Crippen MR) is 72.4 cm³/mol. The summed E-state index contributed by atoms with van der Waals surface area (Å²) in [7, 11) is 0. The molecule has 2 aliphatic heterocycles. The van der Waals surface area contributed by atoms with Crippen LogP contribution in [0.25, 0.3) is 4.96 Å². The summed E-state index contributed by atoms with van der Waals surface area (Å²) >= 11 is 1.52. The highest BCUT2D eigenvalue weighted by Gasteiger charge is 2.52. The maximum Gasteiger partial charge on any atom is 0.325 e. The summed E-state index contributed by atoms with van der Waals surface area (Å²) in [5, 5.41) is 7.89. The summed E-state index contributed by atoms with van der Waals surface area (Å²) in [6.45, 7) is 1.48. The third kappa shape index (κ3) is 1.58. The van der Waals surface area contributed by atoms with Crippen LogP contribution in [0.1, 0.15) is 12.1 Å². The number of hydrogen-bond acceptors (Lipinski definition) is 5. The highest BCUT2D eigenvalue weighted by Crippen LogP contribution is 2.25. The summed E-state index contributed by atoms with van der Waals surface area (Å²) in [5.41, 5.74) is -0.0165. The van der Waals surface area contributed by atoms with Crippen LogP contribution >= 0.6 is 11.3 Å². The first-order valence-corrected chi connectivity index (χ1v) is 7.32. The molecule has 1 spiro atoms. The number of nitrogens with zero attached hydrogens (tertiary/aromatic N) is 3. The van der Waals surface area contributed by atoms with Crippen LogP contribution in [0.15, 0.2) is 17.8 Å². The molecule has 2 aromatic rings. The molecule has 0 aromatic carbocycles. The lowest BCUT2D eigenvalue weighted by molar-refractivity contribution is -0.131. The Balaban J connectivity index is 1.60. The number of imidazole rings is 1. The van der Waals surface area contributed by atoms with Crippen LogP contribution in [0, 0.1) is 0 Å². The van der Waals surface area contributed by atoms with E-state index in [4.69, 9.17) is 0 Å². The Morgan fingerprint density at radius 3 is 3.10 bits per heavy atom. The van der Waals surface area contributed by atoms with Crippen LogP contribution in [0.4, 0.5) is 4.79 Å². The van der Waals surface area contributed by atoms with E-state index in [9.17, 15) is 9.59 Å². The van der Waals surface area contributed by atoms with Crippen LogP contribution in [0.5, 0.6) is 0 Å². The lowest BCUT2D eigenvalue weighted by Crippen LogP contribution is -2.48. The molecule has 1 unspecified atom stereocenters. The van der Waals surface area contributed by atoms with Gasteiger partial charge in [0.05, 0.1) is 12.2 Å². The summed E-state index contributed by atoms with van der Waals surface area (Å²) in [5.74, 6) is -0.149. The number of aromatic nitrogens is 2. The van der Waals surface area contributed by atoms with Gasteiger partial charge in [0.15, 0.2) is 4.96 Å². The number of rotatable bonds is 2. The van der Waals surface area contributed by atoms with Crippen molar-refractivity contribution in [1.29, 1.82) is 0 Å². The molecule has 7 nitrogen and oxygen atoms in total. The van der Waals surface area contributed by atoms with Gasteiger partial charge in [-0.05, 0) is 13.0 Å². The molecule has 2 saturated heterocycles. The van der Waals surface area contributed by atoms with Gasteiger partial charge in [0.25, 0.3) is 5.91 Å². The number of thiazole rings is 1. The molecule has 4 heterocycles. The number of imide groups is 1. The molecule has 3 amide bonds. The molecule has 4 rings (SSSR count). The van der Waals surface area contributed by atoms with E-state index in [0.29, 0.717) is 13.0 Å². The van der Waals surface area contributed by atoms with Gasteiger partial charge in [0, 0.05) is 24.3 Å². The highest BCUT2D eigenvalue weighted by atomic mass is 32.1. The molecule has 1 atom stereocenters. The third-order valence-electron chi connectivity index (χ3n) is 3.86. The molecule has 0 saturated carbocycles. The number of carbonyl (C=O) groups is 2. The molecule has 2 aliphatic rings. The van der Waals surface area contributed by atoms with Crippen LogP contribution in [-0.2, 0) is 11.3 Å². The minimum absolute atomic E-state index is 0.149. The molecule has 8 heteroatoms. The zero-order valence-electron chi connectivity index (χ0n) is 10.6. The summed E-state index contributed by atoms with van der Waals surface area (Å²) in [6, 6.07) is -0.324. The van der Waals surface area contributed by atoms with E-state index in [0.717, 1.165) is 17.2 Å². The number of hydrogen-bond donors (Lipinski definition) is 2. The Bertz CT molecular complexity index is 671. The monoisotopic (exact) mass is 291 g/mol. The van der Waals surface area contributed by atoms with Crippen molar-refractivity contribution in [3.05, 3.63) is 23.5 Å². The van der Waals surface area contributed by atoms with Gasteiger partial charge in [-0.15, -0.1) is 11.3 Å². The lowest BCUT2D eigenvalue weighted by Gasteiger charge is -2.18. The third-order valence-corrected chi connectivity index (χ3v) is 4.64. The van der Waals surface area contributed by atoms with Crippen molar-refractivity contribution < 1.29 is 9.59 Å². The summed E-state index contributed by atoms with van der Waals surface area (Å²) in [6.07, 6.45) is 4.40. The quantitative estimate of drug-likeness (QED) is 0.774. The number of nitrogens with one attached hydrogen (secondary N) is 2. The zero-order valence-corrected chi connectivity index (χ0v) is 11.4. The Morgan fingerprint density at radius 1 is 1.45 bits per heavy atom. The van der Waals surface area contributed by atoms with E-state index in [2.05, 4.69) is 15.6 Å². The van der Waals surface area contributed by atoms with Gasteiger partial charge >= 0.3 is 6.03 Å². The first-order valence-electron chi connectivity index (χ1n) is 6.44. The fourth-order valence-electron chi connectivity index (χ4n) is 2.82. The van der Waals surface area contributed by atoms with E-state index in [-0.39, 0.29) is 18.5 Å². The van der Waals surface area contributed by atoms with Crippen LogP contribution in [0.2, 0.25) is 0 Å². The molecule has 2 aromatic heterocycles. The van der Waals surface area contributed by atoms with Crippen molar-refractivity contribution in [1.82, 2.24) is 24.9 Å². The topological polar surface area (TPSA) is 78.7 Å². The first-order chi connectivity index (χ1) is 9.68. The number of carbonyl (C=O) groups excluding carboxylic acids is 2. The number of urea groups is 1. The van der Waals surface area contributed by atoms with Crippen LogP contribution in [0.3, 0.4) is 0 Å². The second-order valence-electron chi connectivity index (χ2n) is 5.16. The number of fused-ring (bicyclic) bond motifs is 1. The second kappa shape index (κ2) is 4.03. The average Bonchev–Trinajstić information content (AvgIpc) is 3.12. The normalized spacial score (nSPS) is 26.1. The molecule has 20 heavy (non-hydrogen) atoms. The maximum absolute atomic E-state index is 12.5. The molecule has 104 valence electrons. The Morgan fingerprint density at radius 2 is 2.35 bits per heavy atom. The lowest BCUT2D eigenvalue weighted by atomic mass is 9.99. The van der Waals surface area contributed by atoms with Gasteiger partial charge < -0.3 is 10.6 Å². The standard InChI is InChI=1S/C12H13N5O2S/c18-9-12(1-2-13-7-12)15-10(19)17(9)6-8-5-16-3-4-20-11(16)14-8/h3-5,13H,1-2,6-7H2,(H,15,19). The fraction of sp³-hybridized carbons (Fsp3) is 0.417. The van der Waals surface area contributed by atoms with Gasteiger partial charge in [-0.2, -0.15) is 0 Å². The van der Waals surface area contributed by atoms with E-state index in [1.165, 1.54) is 16.2 Å². The van der Waals surface area contributed by atoms with Gasteiger partial charge in [0.2, 0.25) is 0 Å². The predicted octanol–water partition coefficient (Wildman–Crippen LogP) is 0.180. The molecule has 2 N–H and O–H groups in total. The van der Waals surface area contributed by atoms with Gasteiger partial charge in [0.1, 0.15) is 5.54 Å². The molecule has 0 bridgehead atoms. The Labute approximate surface area is 118 Å². The zero-order chi connectivity index (χ0) is 13.7. The average molecular weight is 291 g/mol. The van der Waals surface area contributed by atoms with Gasteiger partial charge in [-0.25, -0.2) is 9.78 Å². The van der Waals surface area contributed by atoms with E-state index < -0.39 is 5.54 Å². The molecule has 0 aliphatic carbocycles. The minimum Gasteiger partial charge on any atom is -0.322 e. The van der Waals surface area contributed by atoms with Gasteiger partial charge in [-0.1, -0.05) is 0 Å². The second-order valence-corrected chi connectivity index (χ2v) is 6.03. The maximum atomic E-state index is 12.5. The smallest absolute Gasteiger partial charge is 0.322 e. The van der Waals surface area contributed by atoms with Crippen LogP contribution < -0.4 is 10.6 Å². The highest BCUT2D eigenvalue weighted by molar-refractivity contribution is 7.15. The largest absolute Gasteiger partial charge is 0.325 e. The van der Waals surface area contributed by atoms with Gasteiger partial charge in [-0.3, -0.25) is 14.1 Å². The molecule has 2 fully saturated rings. The van der Waals surface area contributed by atoms with E-state index in [1.54, 1.807) is 0 Å². The first kappa shape index (κ1) is 11.9. The van der Waals surface area contributed by atoms with Crippen molar-refractivity contribution >= 4 is 28.2 Å². The van der Waals surface area contributed by atoms with E-state index >= 15 is 0 Å². The summed E-state index contributed by atoms with van der Waals surface area (Å²) in [4.78, 5) is 31.0. The van der Waals surface area contributed by atoms with Crippen molar-refractivity contribution in [3.8, 4) is 0 Å². The van der Waals surface area contributed by atoms with Crippen molar-refractivity contribution in [2.45, 2.75) is 18.5 Å². The molecular weight excluding hydrogens is 278 g/mol. The minimum atomic E-state index is -0.742. The Kier molecular flexibility index (Phi) is 2.39. The molecular formula is C12H13N5O2S. The fourth-order valence-corrected chi connectivity index (χ4v) is 3.53. The van der Waals surface area contributed by atoms with Crippen molar-refractivity contribution in [2.75, 3.05) is 13.1 Å². The summed E-state index contributed by atoms with van der Waals surface area (Å²) < 4.78 is 1.89. The van der Waals surface area contributed by atoms with Crippen molar-refractivity contribution in [2.24, 2.45) is 0 Å². The van der Waals surface area contributed by atoms with Crippen LogP contribution in [-0.4, -0.2) is 44.9 Å². The Hall–Kier alpha value is -1.93. The van der Waals surface area contributed by atoms with Crippen molar-refractivity contribution in [3.63, 3.8) is 0 Å².